The summed E-state index contributed by atoms with van der Waals surface area (Å²) in [5.41, 5.74) is 4.34. The van der Waals surface area contributed by atoms with Crippen LogP contribution in [0, 0.1) is 19.7 Å². The fourth-order valence-corrected chi connectivity index (χ4v) is 4.63. The van der Waals surface area contributed by atoms with E-state index in [4.69, 9.17) is 0 Å². The van der Waals surface area contributed by atoms with Crippen molar-refractivity contribution in [1.82, 2.24) is 20.4 Å². The Morgan fingerprint density at radius 2 is 1.66 bits per heavy atom. The lowest BCUT2D eigenvalue weighted by Gasteiger charge is -2.37. The van der Waals surface area contributed by atoms with Gasteiger partial charge in [0.2, 0.25) is 10.0 Å². The molecule has 1 saturated heterocycles. The topological polar surface area (TPSA) is 90.5 Å². The zero-order chi connectivity index (χ0) is 24.8. The van der Waals surface area contributed by atoms with Gasteiger partial charge in [-0.25, -0.2) is 4.39 Å². The van der Waals surface area contributed by atoms with Crippen molar-refractivity contribution >= 4 is 34.5 Å². The predicted octanol–water partition coefficient (Wildman–Crippen LogP) is 3.49. The van der Waals surface area contributed by atoms with E-state index in [1.807, 2.05) is 0 Å². The molecule has 3 aromatic rings. The van der Waals surface area contributed by atoms with Gasteiger partial charge in [-0.15, -0.1) is 10.2 Å². The summed E-state index contributed by atoms with van der Waals surface area (Å²) in [5, 5.41) is 13.3. The summed E-state index contributed by atoms with van der Waals surface area (Å²) >= 11 is 0.921. The number of nitrogens with one attached hydrogen (secondary N) is 2. The highest BCUT2D eigenvalue weighted by Gasteiger charge is 2.19. The predicted molar refractivity (Wildman–Crippen MR) is 136 cm³/mol. The standard InChI is InChI=1S/C25H29FN6O2S/c1-17-4-5-18(2)21(16-17)32-14-12-31(13-15-32)11-3-10-27-22(33)24-29-30-25(35-24)23(34)28-20-8-6-19(26)7-9-20/h4-9,16H,3,10-15H2,1-2H3,(H,27,33)(H,28,34). The maximum absolute atomic E-state index is 13.0. The number of benzene rings is 2. The highest BCUT2D eigenvalue weighted by Crippen LogP contribution is 2.23. The minimum Gasteiger partial charge on any atom is -0.369 e. The van der Waals surface area contributed by atoms with E-state index in [0.29, 0.717) is 12.2 Å². The van der Waals surface area contributed by atoms with Gasteiger partial charge >= 0.3 is 0 Å². The molecule has 8 nitrogen and oxygen atoms in total. The molecule has 2 amide bonds. The second-order valence-electron chi connectivity index (χ2n) is 8.60. The maximum Gasteiger partial charge on any atom is 0.286 e. The molecule has 0 bridgehead atoms. The van der Waals surface area contributed by atoms with Crippen LogP contribution in [0.3, 0.4) is 0 Å². The number of aromatic nitrogens is 2. The second kappa shape index (κ2) is 11.4. The van der Waals surface area contributed by atoms with Gasteiger partial charge in [0.05, 0.1) is 0 Å². The van der Waals surface area contributed by atoms with Crippen LogP contribution < -0.4 is 15.5 Å². The molecule has 0 radical (unpaired) electrons. The summed E-state index contributed by atoms with van der Waals surface area (Å²) in [6.45, 7) is 9.67. The first-order chi connectivity index (χ1) is 16.9. The number of amides is 2. The molecule has 0 aliphatic carbocycles. The minimum absolute atomic E-state index is 0.0705. The van der Waals surface area contributed by atoms with Gasteiger partial charge in [0.15, 0.2) is 0 Å². The van der Waals surface area contributed by atoms with Gasteiger partial charge in [-0.05, 0) is 68.3 Å². The largest absolute Gasteiger partial charge is 0.369 e. The number of halogens is 1. The zero-order valence-corrected chi connectivity index (χ0v) is 20.7. The van der Waals surface area contributed by atoms with Crippen molar-refractivity contribution in [1.29, 1.82) is 0 Å². The quantitative estimate of drug-likeness (QED) is 0.464. The van der Waals surface area contributed by atoms with Gasteiger partial charge in [-0.1, -0.05) is 23.5 Å². The number of anilines is 2. The van der Waals surface area contributed by atoms with Crippen LogP contribution in [0.1, 0.15) is 37.2 Å². The average Bonchev–Trinajstić information content (AvgIpc) is 3.36. The van der Waals surface area contributed by atoms with Crippen molar-refractivity contribution in [2.45, 2.75) is 20.3 Å². The van der Waals surface area contributed by atoms with E-state index in [1.165, 1.54) is 41.1 Å². The molecule has 4 rings (SSSR count). The molecule has 0 atom stereocenters. The van der Waals surface area contributed by atoms with Crippen molar-refractivity contribution in [3.05, 3.63) is 69.4 Å². The fraction of sp³-hybridized carbons (Fsp3) is 0.360. The fourth-order valence-electron chi connectivity index (χ4n) is 3.98. The number of piperazine rings is 1. The molecule has 2 N–H and O–H groups in total. The first-order valence-corrected chi connectivity index (χ1v) is 12.4. The Morgan fingerprint density at radius 3 is 2.37 bits per heavy atom. The van der Waals surface area contributed by atoms with Crippen LogP contribution >= 0.6 is 11.3 Å². The van der Waals surface area contributed by atoms with Gasteiger partial charge < -0.3 is 15.5 Å². The van der Waals surface area contributed by atoms with Crippen LogP contribution in [0.4, 0.5) is 15.8 Å². The molecule has 35 heavy (non-hydrogen) atoms. The van der Waals surface area contributed by atoms with E-state index in [-0.39, 0.29) is 15.9 Å². The minimum atomic E-state index is -0.492. The Labute approximate surface area is 208 Å². The van der Waals surface area contributed by atoms with Crippen molar-refractivity contribution in [3.8, 4) is 0 Å². The molecule has 2 aromatic carbocycles. The van der Waals surface area contributed by atoms with E-state index in [9.17, 15) is 14.0 Å². The van der Waals surface area contributed by atoms with Gasteiger partial charge in [0, 0.05) is 44.1 Å². The van der Waals surface area contributed by atoms with E-state index in [0.717, 1.165) is 50.5 Å². The lowest BCUT2D eigenvalue weighted by molar-refractivity contribution is 0.0949. The smallest absolute Gasteiger partial charge is 0.286 e. The molecule has 1 aliphatic heterocycles. The van der Waals surface area contributed by atoms with Gasteiger partial charge in [-0.2, -0.15) is 0 Å². The zero-order valence-electron chi connectivity index (χ0n) is 19.9. The lowest BCUT2D eigenvalue weighted by Crippen LogP contribution is -2.47. The Morgan fingerprint density at radius 1 is 0.971 bits per heavy atom. The molecule has 2 heterocycles. The average molecular weight is 497 g/mol. The molecule has 0 spiro atoms. The van der Waals surface area contributed by atoms with Crippen LogP contribution in [-0.4, -0.2) is 66.2 Å². The van der Waals surface area contributed by atoms with E-state index in [1.54, 1.807) is 0 Å². The first kappa shape index (κ1) is 24.7. The second-order valence-corrected chi connectivity index (χ2v) is 9.58. The summed E-state index contributed by atoms with van der Waals surface area (Å²) in [6, 6.07) is 12.0. The molecule has 1 fully saturated rings. The molecular weight excluding hydrogens is 467 g/mol. The molecule has 1 aromatic heterocycles. The number of carbonyl (C=O) groups excluding carboxylic acids is 2. The normalized spacial score (nSPS) is 14.1. The SMILES string of the molecule is Cc1ccc(C)c(N2CCN(CCCNC(=O)c3nnc(C(=O)Nc4ccc(F)cc4)s3)CC2)c1. The van der Waals surface area contributed by atoms with Gasteiger partial charge in [0.25, 0.3) is 11.8 Å². The molecule has 0 unspecified atom stereocenters. The number of carbonyl (C=O) groups is 2. The molecule has 10 heteroatoms. The number of hydrogen-bond donors (Lipinski definition) is 2. The maximum atomic E-state index is 13.0. The molecular formula is C25H29FN6O2S. The third-order valence-corrected chi connectivity index (χ3v) is 6.85. The van der Waals surface area contributed by atoms with E-state index >= 15 is 0 Å². The van der Waals surface area contributed by atoms with Gasteiger partial charge in [0.1, 0.15) is 5.82 Å². The van der Waals surface area contributed by atoms with Crippen LogP contribution in [0.5, 0.6) is 0 Å². The van der Waals surface area contributed by atoms with Gasteiger partial charge in [-0.3, -0.25) is 14.5 Å². The molecule has 0 saturated carbocycles. The van der Waals surface area contributed by atoms with Crippen molar-refractivity contribution < 1.29 is 14.0 Å². The highest BCUT2D eigenvalue weighted by atomic mass is 32.1. The first-order valence-electron chi connectivity index (χ1n) is 11.6. The monoisotopic (exact) mass is 496 g/mol. The van der Waals surface area contributed by atoms with Crippen molar-refractivity contribution in [2.24, 2.45) is 0 Å². The third kappa shape index (κ3) is 6.61. The lowest BCUT2D eigenvalue weighted by atomic mass is 10.1. The molecule has 1 aliphatic rings. The van der Waals surface area contributed by atoms with E-state index < -0.39 is 11.7 Å². The highest BCUT2D eigenvalue weighted by molar-refractivity contribution is 7.15. The summed E-state index contributed by atoms with van der Waals surface area (Å²) in [4.78, 5) is 29.5. The van der Waals surface area contributed by atoms with Crippen LogP contribution in [-0.2, 0) is 0 Å². The third-order valence-electron chi connectivity index (χ3n) is 5.93. The van der Waals surface area contributed by atoms with E-state index in [2.05, 4.69) is 62.7 Å². The van der Waals surface area contributed by atoms with Crippen LogP contribution in [0.15, 0.2) is 42.5 Å². The Kier molecular flexibility index (Phi) is 8.04. The Bertz CT molecular complexity index is 1170. The summed E-state index contributed by atoms with van der Waals surface area (Å²) in [6.07, 6.45) is 0.825. The Hall–Kier alpha value is -3.37. The number of hydrogen-bond acceptors (Lipinski definition) is 7. The molecule has 184 valence electrons. The van der Waals surface area contributed by atoms with Crippen molar-refractivity contribution in [3.63, 3.8) is 0 Å². The summed E-state index contributed by atoms with van der Waals surface area (Å²) < 4.78 is 13.0. The Balaban J connectivity index is 1.17. The number of nitrogens with zero attached hydrogens (tertiary/aromatic N) is 4. The summed E-state index contributed by atoms with van der Waals surface area (Å²) in [7, 11) is 0. The number of aryl methyl sites for hydroxylation is 2. The van der Waals surface area contributed by atoms with Crippen LogP contribution in [0.25, 0.3) is 0 Å². The number of rotatable bonds is 8. The van der Waals surface area contributed by atoms with Crippen molar-refractivity contribution in [2.75, 3.05) is 49.5 Å². The summed E-state index contributed by atoms with van der Waals surface area (Å²) in [5.74, 6) is -1.23. The van der Waals surface area contributed by atoms with Crippen LogP contribution in [0.2, 0.25) is 0 Å².